The van der Waals surface area contributed by atoms with Gasteiger partial charge in [0, 0.05) is 19.3 Å². The number of ether oxygens (including phenoxy) is 1. The van der Waals surface area contributed by atoms with E-state index in [2.05, 4.69) is 5.10 Å². The fourth-order valence-corrected chi connectivity index (χ4v) is 2.88. The smallest absolute Gasteiger partial charge is 0.410 e. The van der Waals surface area contributed by atoms with Crippen LogP contribution >= 0.6 is 0 Å². The summed E-state index contributed by atoms with van der Waals surface area (Å²) in [4.78, 5) is 25.0. The molecule has 0 unspecified atom stereocenters. The van der Waals surface area contributed by atoms with E-state index in [1.807, 2.05) is 30.3 Å². The third-order valence-corrected chi connectivity index (χ3v) is 4.16. The number of hydrogen-bond donors (Lipinski definition) is 1. The first-order valence-corrected chi connectivity index (χ1v) is 7.87. The Kier molecular flexibility index (Phi) is 4.79. The first-order chi connectivity index (χ1) is 11.6. The highest BCUT2D eigenvalue weighted by Gasteiger charge is 2.27. The predicted molar refractivity (Wildman–Crippen MR) is 85.7 cm³/mol. The minimum absolute atomic E-state index is 0.00993. The predicted octanol–water partition coefficient (Wildman–Crippen LogP) is 2.56. The van der Waals surface area contributed by atoms with E-state index in [0.717, 1.165) is 5.56 Å². The van der Waals surface area contributed by atoms with Crippen LogP contribution in [0.1, 0.15) is 34.9 Å². The number of carboxylic acids is 1. The van der Waals surface area contributed by atoms with Crippen molar-refractivity contribution in [2.45, 2.75) is 25.5 Å². The number of carboxylic acid groups (broad SMARTS) is 1. The molecule has 0 atom stereocenters. The van der Waals surface area contributed by atoms with Gasteiger partial charge in [-0.1, -0.05) is 30.3 Å². The van der Waals surface area contributed by atoms with Gasteiger partial charge in [-0.3, -0.25) is 4.68 Å². The molecular weight excluding hydrogens is 310 g/mol. The number of aromatic carboxylic acids is 1. The molecule has 1 aliphatic rings. The first kappa shape index (κ1) is 16.0. The van der Waals surface area contributed by atoms with Crippen molar-refractivity contribution in [3.8, 4) is 0 Å². The SMILES string of the molecule is O=C(O)c1ccnn1C1CCN(C(=O)OCc2ccccc2)CC1. The Morgan fingerprint density at radius 2 is 1.88 bits per heavy atom. The van der Waals surface area contributed by atoms with E-state index < -0.39 is 5.97 Å². The van der Waals surface area contributed by atoms with Crippen LogP contribution in [-0.2, 0) is 11.3 Å². The van der Waals surface area contributed by atoms with Crippen LogP contribution in [0.5, 0.6) is 0 Å². The Labute approximate surface area is 139 Å². The van der Waals surface area contributed by atoms with Gasteiger partial charge in [-0.05, 0) is 24.5 Å². The van der Waals surface area contributed by atoms with Gasteiger partial charge in [0.1, 0.15) is 12.3 Å². The number of benzene rings is 1. The normalized spacial score (nSPS) is 15.2. The second kappa shape index (κ2) is 7.16. The number of rotatable bonds is 4. The fraction of sp³-hybridized carbons (Fsp3) is 0.353. The number of aromatic nitrogens is 2. The number of likely N-dealkylation sites (tertiary alicyclic amines) is 1. The Hall–Kier alpha value is -2.83. The zero-order valence-corrected chi connectivity index (χ0v) is 13.2. The molecule has 2 aromatic rings. The molecule has 1 fully saturated rings. The third kappa shape index (κ3) is 3.56. The minimum Gasteiger partial charge on any atom is -0.477 e. The molecule has 7 heteroatoms. The van der Waals surface area contributed by atoms with E-state index in [1.54, 1.807) is 4.90 Å². The van der Waals surface area contributed by atoms with Gasteiger partial charge in [0.15, 0.2) is 0 Å². The Balaban J connectivity index is 1.52. The molecule has 0 aliphatic carbocycles. The number of piperidine rings is 1. The highest BCUT2D eigenvalue weighted by molar-refractivity contribution is 5.85. The van der Waals surface area contributed by atoms with Crippen molar-refractivity contribution in [3.63, 3.8) is 0 Å². The summed E-state index contributed by atoms with van der Waals surface area (Å²) in [7, 11) is 0. The van der Waals surface area contributed by atoms with Gasteiger partial charge in [-0.15, -0.1) is 0 Å². The second-order valence-corrected chi connectivity index (χ2v) is 5.72. The molecule has 1 amide bonds. The zero-order valence-electron chi connectivity index (χ0n) is 13.2. The zero-order chi connectivity index (χ0) is 16.9. The van der Waals surface area contributed by atoms with Gasteiger partial charge >= 0.3 is 12.1 Å². The van der Waals surface area contributed by atoms with E-state index in [4.69, 9.17) is 9.84 Å². The number of amides is 1. The summed E-state index contributed by atoms with van der Waals surface area (Å²) >= 11 is 0. The summed E-state index contributed by atoms with van der Waals surface area (Å²) in [6, 6.07) is 11.0. The molecule has 7 nitrogen and oxygen atoms in total. The molecular formula is C17H19N3O4. The summed E-state index contributed by atoms with van der Waals surface area (Å²) in [5.41, 5.74) is 1.13. The van der Waals surface area contributed by atoms with E-state index in [0.29, 0.717) is 25.9 Å². The maximum atomic E-state index is 12.1. The van der Waals surface area contributed by atoms with Crippen LogP contribution < -0.4 is 0 Å². The molecule has 2 heterocycles. The lowest BCUT2D eigenvalue weighted by Crippen LogP contribution is -2.39. The van der Waals surface area contributed by atoms with Crippen molar-refractivity contribution >= 4 is 12.1 Å². The molecule has 1 N–H and O–H groups in total. The molecule has 0 radical (unpaired) electrons. The monoisotopic (exact) mass is 329 g/mol. The third-order valence-electron chi connectivity index (χ3n) is 4.16. The van der Waals surface area contributed by atoms with Gasteiger partial charge in [-0.25, -0.2) is 9.59 Å². The number of nitrogens with zero attached hydrogens (tertiary/aromatic N) is 3. The van der Waals surface area contributed by atoms with Crippen molar-refractivity contribution in [1.82, 2.24) is 14.7 Å². The van der Waals surface area contributed by atoms with Crippen LogP contribution in [0.2, 0.25) is 0 Å². The highest BCUT2D eigenvalue weighted by atomic mass is 16.6. The quantitative estimate of drug-likeness (QED) is 0.932. The van der Waals surface area contributed by atoms with Crippen LogP contribution in [0, 0.1) is 0 Å². The summed E-state index contributed by atoms with van der Waals surface area (Å²) in [5.74, 6) is -0.989. The van der Waals surface area contributed by atoms with Crippen molar-refractivity contribution in [1.29, 1.82) is 0 Å². The molecule has 1 aromatic carbocycles. The minimum atomic E-state index is -0.989. The lowest BCUT2D eigenvalue weighted by molar-refractivity contribution is 0.0661. The van der Waals surface area contributed by atoms with Crippen molar-refractivity contribution in [2.24, 2.45) is 0 Å². The largest absolute Gasteiger partial charge is 0.477 e. The van der Waals surface area contributed by atoms with Crippen molar-refractivity contribution in [3.05, 3.63) is 53.9 Å². The number of carbonyl (C=O) groups excluding carboxylic acids is 1. The standard InChI is InChI=1S/C17H19N3O4/c21-16(22)15-6-9-18-20(15)14-7-10-19(11-8-14)17(23)24-12-13-4-2-1-3-5-13/h1-6,9,14H,7-8,10-12H2,(H,21,22). The second-order valence-electron chi connectivity index (χ2n) is 5.72. The van der Waals surface area contributed by atoms with Crippen molar-refractivity contribution in [2.75, 3.05) is 13.1 Å². The fourth-order valence-electron chi connectivity index (χ4n) is 2.88. The molecule has 1 saturated heterocycles. The van der Waals surface area contributed by atoms with Gasteiger partial charge < -0.3 is 14.7 Å². The van der Waals surface area contributed by atoms with Crippen LogP contribution in [0.15, 0.2) is 42.6 Å². The Morgan fingerprint density at radius 3 is 2.54 bits per heavy atom. The molecule has 0 spiro atoms. The van der Waals surface area contributed by atoms with E-state index >= 15 is 0 Å². The van der Waals surface area contributed by atoms with Crippen LogP contribution in [0.25, 0.3) is 0 Å². The average molecular weight is 329 g/mol. The molecule has 126 valence electrons. The lowest BCUT2D eigenvalue weighted by atomic mass is 10.1. The molecule has 1 aliphatic heterocycles. The van der Waals surface area contributed by atoms with Crippen LogP contribution in [0.3, 0.4) is 0 Å². The molecule has 24 heavy (non-hydrogen) atoms. The Morgan fingerprint density at radius 1 is 1.17 bits per heavy atom. The van der Waals surface area contributed by atoms with Gasteiger partial charge in [-0.2, -0.15) is 5.10 Å². The summed E-state index contributed by atoms with van der Waals surface area (Å²) < 4.78 is 6.86. The summed E-state index contributed by atoms with van der Waals surface area (Å²) in [6.07, 6.45) is 2.46. The lowest BCUT2D eigenvalue weighted by Gasteiger charge is -2.31. The van der Waals surface area contributed by atoms with Gasteiger partial charge in [0.2, 0.25) is 0 Å². The van der Waals surface area contributed by atoms with E-state index in [9.17, 15) is 9.59 Å². The molecule has 0 bridgehead atoms. The first-order valence-electron chi connectivity index (χ1n) is 7.87. The topological polar surface area (TPSA) is 84.7 Å². The van der Waals surface area contributed by atoms with E-state index in [-0.39, 0.29) is 24.4 Å². The maximum absolute atomic E-state index is 12.1. The van der Waals surface area contributed by atoms with Crippen LogP contribution in [0.4, 0.5) is 4.79 Å². The summed E-state index contributed by atoms with van der Waals surface area (Å²) in [5, 5.41) is 13.3. The molecule has 1 aromatic heterocycles. The Bertz CT molecular complexity index is 706. The molecule has 3 rings (SSSR count). The van der Waals surface area contributed by atoms with Crippen LogP contribution in [-0.4, -0.2) is 44.9 Å². The van der Waals surface area contributed by atoms with Crippen molar-refractivity contribution < 1.29 is 19.4 Å². The molecule has 0 saturated carbocycles. The summed E-state index contributed by atoms with van der Waals surface area (Å²) in [6.45, 7) is 1.30. The van der Waals surface area contributed by atoms with E-state index in [1.165, 1.54) is 16.9 Å². The number of hydrogen-bond acceptors (Lipinski definition) is 4. The highest BCUT2D eigenvalue weighted by Crippen LogP contribution is 2.24. The van der Waals surface area contributed by atoms with Gasteiger partial charge in [0.05, 0.1) is 6.04 Å². The van der Waals surface area contributed by atoms with Gasteiger partial charge in [0.25, 0.3) is 0 Å². The maximum Gasteiger partial charge on any atom is 0.410 e. The average Bonchev–Trinajstić information content (AvgIpc) is 3.11. The number of carbonyl (C=O) groups is 2.